The van der Waals surface area contributed by atoms with Crippen LogP contribution in [0.1, 0.15) is 369 Å². The Kier molecular flexibility index (Phi) is 51.9. The molecule has 3 unspecified atom stereocenters. The van der Waals surface area contributed by atoms with E-state index >= 15 is 0 Å². The van der Waals surface area contributed by atoms with E-state index in [9.17, 15) is 50.1 Å². The second-order valence-corrected chi connectivity index (χ2v) is 39.9. The molecule has 1 aliphatic rings. The number of unbranched alkanes of at least 4 members (excludes halogenated alkanes) is 33. The van der Waals surface area contributed by atoms with Gasteiger partial charge < -0.3 is 58.3 Å². The Morgan fingerprint density at radius 2 is 0.709 bits per heavy atom. The molecule has 1 aliphatic heterocycles. The lowest BCUT2D eigenvalue weighted by molar-refractivity contribution is -0.0695. The van der Waals surface area contributed by atoms with Crippen LogP contribution >= 0.6 is 0 Å². The Balaban J connectivity index is 0.000000452. The summed E-state index contributed by atoms with van der Waals surface area (Å²) < 4.78 is 48.0. The van der Waals surface area contributed by atoms with E-state index in [1.54, 1.807) is 94.7 Å². The predicted octanol–water partition coefficient (Wildman–Crippen LogP) is 30.9. The van der Waals surface area contributed by atoms with Crippen molar-refractivity contribution < 1.29 is 77.5 Å². The number of phenolic OH excluding ortho intramolecular Hbond substituents is 3. The van der Waals surface area contributed by atoms with Crippen LogP contribution in [0.2, 0.25) is 0 Å². The Morgan fingerprint density at radius 3 is 1.09 bits per heavy atom. The fourth-order valence-corrected chi connectivity index (χ4v) is 18.6. The summed E-state index contributed by atoms with van der Waals surface area (Å²) in [5, 5.41) is 65.3. The fourth-order valence-electron chi connectivity index (χ4n) is 18.6. The van der Waals surface area contributed by atoms with Crippen LogP contribution in [0.15, 0.2) is 200 Å². The maximum absolute atomic E-state index is 14.3. The van der Waals surface area contributed by atoms with E-state index in [4.69, 9.17) is 44.5 Å². The molecule has 0 fully saturated rings. The summed E-state index contributed by atoms with van der Waals surface area (Å²) in [5.41, 5.74) is 12.4. The maximum Gasteiger partial charge on any atom is 0.341 e. The van der Waals surface area contributed by atoms with Crippen LogP contribution in [0.4, 0.5) is 5.69 Å². The normalized spacial score (nSPS) is 12.3. The number of aromatic hydroxyl groups is 3. The van der Waals surface area contributed by atoms with Crippen molar-refractivity contribution in [3.63, 3.8) is 0 Å². The Bertz CT molecular complexity index is 5560. The fraction of sp³-hybridized carbons (Fsp3) is 0.468. The van der Waals surface area contributed by atoms with Crippen molar-refractivity contribution in [1.82, 2.24) is 14.7 Å². The summed E-state index contributed by atoms with van der Waals surface area (Å²) in [6, 6.07) is 64.9. The lowest BCUT2D eigenvalue weighted by Crippen LogP contribution is -2.28. The van der Waals surface area contributed by atoms with Crippen LogP contribution in [0.3, 0.4) is 0 Å². The molecule has 0 saturated carbocycles. The lowest BCUT2D eigenvalue weighted by Gasteiger charge is -2.25. The number of nitriles is 2. The first-order valence-electron chi connectivity index (χ1n) is 54.6. The summed E-state index contributed by atoms with van der Waals surface area (Å²) in [6.07, 6.45) is 39.7. The van der Waals surface area contributed by atoms with Crippen molar-refractivity contribution in [3.05, 3.63) is 284 Å². The zero-order valence-electron chi connectivity index (χ0n) is 89.1. The summed E-state index contributed by atoms with van der Waals surface area (Å²) in [5.74, 6) is 0.373. The van der Waals surface area contributed by atoms with Crippen molar-refractivity contribution in [1.29, 1.82) is 10.5 Å². The summed E-state index contributed by atoms with van der Waals surface area (Å²) in [4.78, 5) is 64.4. The number of fused-ring (bicyclic) bond motifs is 1. The molecule has 22 nitrogen and oxygen atoms in total. The molecule has 4 N–H and O–H groups in total. The van der Waals surface area contributed by atoms with E-state index in [1.807, 2.05) is 138 Å². The monoisotopic (exact) mass is 2010 g/mol. The largest absolute Gasteiger partial charge is 0.507 e. The molecule has 10 aromatic carbocycles. The number of hydrogen-bond donors (Lipinski definition) is 4. The topological polar surface area (TPSA) is 285 Å². The highest BCUT2D eigenvalue weighted by atomic mass is 16.7. The van der Waals surface area contributed by atoms with Crippen LogP contribution in [-0.2, 0) is 51.7 Å². The molecule has 148 heavy (non-hydrogen) atoms. The van der Waals surface area contributed by atoms with Crippen LogP contribution in [0.25, 0.3) is 38.2 Å². The highest BCUT2D eigenvalue weighted by molar-refractivity contribution is 5.92. The van der Waals surface area contributed by atoms with E-state index in [-0.39, 0.29) is 72.5 Å². The highest BCUT2D eigenvalue weighted by Crippen LogP contribution is 2.37. The van der Waals surface area contributed by atoms with E-state index in [2.05, 4.69) is 54.8 Å². The average Bonchev–Trinajstić information content (AvgIpc) is 0.802. The van der Waals surface area contributed by atoms with Gasteiger partial charge in [-0.15, -0.1) is 0 Å². The molecule has 3 atom stereocenters. The third-order valence-corrected chi connectivity index (χ3v) is 27.2. The molecule has 22 heteroatoms. The first-order chi connectivity index (χ1) is 72.0. The zero-order chi connectivity index (χ0) is 105. The van der Waals surface area contributed by atoms with Gasteiger partial charge in [-0.05, 0) is 227 Å². The van der Waals surface area contributed by atoms with Gasteiger partial charge in [0.1, 0.15) is 47.0 Å². The molecule has 0 aliphatic carbocycles. The van der Waals surface area contributed by atoms with Crippen LogP contribution < -0.4 is 18.9 Å². The van der Waals surface area contributed by atoms with Crippen molar-refractivity contribution in [2.45, 2.75) is 343 Å². The Labute approximate surface area is 880 Å². The van der Waals surface area contributed by atoms with Crippen LogP contribution in [0, 0.1) is 43.1 Å². The van der Waals surface area contributed by atoms with Gasteiger partial charge in [-0.3, -0.25) is 14.7 Å². The van der Waals surface area contributed by atoms with Gasteiger partial charge in [-0.2, -0.15) is 10.5 Å². The lowest BCUT2D eigenvalue weighted by atomic mass is 10.0. The number of rotatable bonds is 66. The molecule has 0 amide bonds. The number of nitrogens with zero attached hydrogens (tertiary/aromatic N) is 6. The summed E-state index contributed by atoms with van der Waals surface area (Å²) >= 11 is 0. The number of carbonyl (C=O) groups is 4. The Morgan fingerprint density at radius 1 is 0.385 bits per heavy atom. The third-order valence-electron chi connectivity index (χ3n) is 27.2. The van der Waals surface area contributed by atoms with Gasteiger partial charge in [0.15, 0.2) is 5.69 Å². The van der Waals surface area contributed by atoms with Gasteiger partial charge in [-0.25, -0.2) is 24.0 Å². The van der Waals surface area contributed by atoms with Crippen molar-refractivity contribution in [2.75, 3.05) is 41.1 Å². The number of benzene rings is 10. The number of aliphatic hydroxyl groups is 1. The molecule has 790 valence electrons. The van der Waals surface area contributed by atoms with Gasteiger partial charge in [-0.1, -0.05) is 311 Å². The summed E-state index contributed by atoms with van der Waals surface area (Å²) in [6.45, 7) is 20.0. The van der Waals surface area contributed by atoms with E-state index < -0.39 is 36.8 Å². The number of phenols is 3. The van der Waals surface area contributed by atoms with Crippen LogP contribution in [0.5, 0.6) is 40.2 Å². The van der Waals surface area contributed by atoms with Gasteiger partial charge in [0.2, 0.25) is 18.9 Å². The molecule has 0 aromatic heterocycles. The van der Waals surface area contributed by atoms with Crippen molar-refractivity contribution >= 4 is 29.6 Å². The molecule has 11 rings (SSSR count). The van der Waals surface area contributed by atoms with Gasteiger partial charge in [0, 0.05) is 79.8 Å². The smallest absolute Gasteiger partial charge is 0.341 e. The first kappa shape index (κ1) is 117. The van der Waals surface area contributed by atoms with Crippen molar-refractivity contribution in [2.24, 2.45) is 0 Å². The standard InChI is InChI=1S/C91H118N4O12.C35H42N2O4/c1-8-11-14-17-20-23-26-29-32-35-83(96)105-89(100)76-58-79(64-94(6)62-77-56-74(54-66(4)86(77)97)90(101)106-84(36-33-30-27-24-21-18-15-12-9-2)103-81-50-46-72(47-51-81)70-42-38-68(60-92)39-43-70)88(99)80(59-76)65-95(7)63-78-57-75(55-67(5)87(78)98)91(102)107-85(37-34-31-28-25-22-19-16-13-10-3)104-82-52-48-73(49-53-82)71-44-40-69(61-93)41-45-71;1-36-32-18-13-28(14-19-32)29-15-20-33(21-16-29)39-23-11-9-7-5-3-4-6-8-10-12-24-40-35(38)30-17-22-34-31(25-30)26-37(2)27-41-34/h38-59,83-85,96-99H,8-37,62-65H2,1-7H3;13-22,25H,3-12,23-24,26-27H2,2H3. The third kappa shape index (κ3) is 41.3. The second-order valence-electron chi connectivity index (χ2n) is 39.9. The molecule has 0 radical (unpaired) electrons. The first-order valence-corrected chi connectivity index (χ1v) is 54.6. The summed E-state index contributed by atoms with van der Waals surface area (Å²) in [7, 11) is 5.58. The maximum atomic E-state index is 14.3. The average molecular weight is 2010 g/mol. The minimum atomic E-state index is -1.36. The van der Waals surface area contributed by atoms with Gasteiger partial charge >= 0.3 is 23.9 Å². The van der Waals surface area contributed by atoms with Crippen molar-refractivity contribution in [3.8, 4) is 85.8 Å². The van der Waals surface area contributed by atoms with Gasteiger partial charge in [0.25, 0.3) is 0 Å². The molecular formula is C126H160N6O16. The zero-order valence-corrected chi connectivity index (χ0v) is 89.1. The van der Waals surface area contributed by atoms with Gasteiger partial charge in [0.05, 0.1) is 65.3 Å². The van der Waals surface area contributed by atoms with Crippen LogP contribution in [-0.4, -0.2) is 119 Å². The molecular weight excluding hydrogens is 1850 g/mol. The molecule has 0 saturated heterocycles. The van der Waals surface area contributed by atoms with E-state index in [0.29, 0.717) is 99.9 Å². The number of ether oxygens (including phenoxy) is 8. The molecule has 10 aromatic rings. The minimum Gasteiger partial charge on any atom is -0.507 e. The number of aryl methyl sites for hydroxylation is 2. The predicted molar refractivity (Wildman–Crippen MR) is 587 cm³/mol. The Hall–Kier alpha value is -13.0. The van der Waals surface area contributed by atoms with E-state index in [1.165, 1.54) is 141 Å². The minimum absolute atomic E-state index is 0.0237. The number of aliphatic hydroxyl groups excluding tert-OH is 1. The highest BCUT2D eigenvalue weighted by Gasteiger charge is 2.28. The second kappa shape index (κ2) is 65.7. The molecule has 1 heterocycles. The quantitative estimate of drug-likeness (QED) is 0.00906. The number of hydrogen-bond acceptors (Lipinski definition) is 21. The van der Waals surface area contributed by atoms with E-state index in [0.717, 1.165) is 153 Å². The number of carbonyl (C=O) groups excluding carboxylic acids is 4. The molecule has 0 bridgehead atoms. The molecule has 0 spiro atoms. The number of esters is 4. The SMILES string of the molecule is CCCCCCCCCCCC(O)OC(=O)c1cc(CN(C)Cc2cc(C(=O)OC(CCCCCCCCCCC)Oc3ccc(-c4ccc(C#N)cc4)cc3)cc(C)c2O)c(O)c(CN(C)Cc2cc(C(=O)OC(CCCCCCCCCCC)Oc3ccc(-c4ccc(C#N)cc4)cc3)cc(C)c2O)c1.[C-]#[N+]c1ccc(-c2ccc(OCCCCCCCCCCCCOC(=O)c3ccc4c(c3)CN(C)CO4)cc2)cc1.